The number of nitrogens with zero attached hydrogens (tertiary/aromatic N) is 3. The smallest absolute Gasteiger partial charge is 0.260 e. The predicted molar refractivity (Wildman–Crippen MR) is 114 cm³/mol. The summed E-state index contributed by atoms with van der Waals surface area (Å²) in [5.41, 5.74) is 1.32. The van der Waals surface area contributed by atoms with Gasteiger partial charge in [-0.05, 0) is 33.3 Å². The number of ether oxygens (including phenoxy) is 2. The van der Waals surface area contributed by atoms with Crippen molar-refractivity contribution >= 4 is 23.6 Å². The van der Waals surface area contributed by atoms with Gasteiger partial charge in [0.1, 0.15) is 11.4 Å². The molecule has 3 heterocycles. The molecule has 10 heteroatoms. The second-order valence-corrected chi connectivity index (χ2v) is 9.82. The molecule has 31 heavy (non-hydrogen) atoms. The molecule has 4 rings (SSSR count). The molecule has 2 aliphatic heterocycles. The van der Waals surface area contributed by atoms with Crippen LogP contribution in [0, 0.1) is 6.92 Å². The average molecular weight is 447 g/mol. The molecule has 1 fully saturated rings. The van der Waals surface area contributed by atoms with Crippen LogP contribution in [0.15, 0.2) is 16.7 Å². The Labute approximate surface area is 184 Å². The monoisotopic (exact) mass is 446 g/mol. The molecule has 0 spiro atoms. The van der Waals surface area contributed by atoms with E-state index in [0.29, 0.717) is 48.2 Å². The van der Waals surface area contributed by atoms with Crippen molar-refractivity contribution in [2.45, 2.75) is 49.8 Å². The normalized spacial score (nSPS) is 21.1. The van der Waals surface area contributed by atoms with E-state index in [2.05, 4.69) is 15.5 Å². The Morgan fingerprint density at radius 3 is 2.74 bits per heavy atom. The number of carbonyl (C=O) groups excluding carboxylic acids is 2. The highest BCUT2D eigenvalue weighted by Gasteiger charge is 2.58. The third-order valence-electron chi connectivity index (χ3n) is 5.58. The number of thioether (sulfide) groups is 1. The van der Waals surface area contributed by atoms with Crippen molar-refractivity contribution in [2.75, 3.05) is 20.8 Å². The van der Waals surface area contributed by atoms with Crippen LogP contribution in [-0.2, 0) is 11.2 Å². The first kappa shape index (κ1) is 21.5. The van der Waals surface area contributed by atoms with Crippen LogP contribution in [0.5, 0.6) is 11.5 Å². The highest BCUT2D eigenvalue weighted by atomic mass is 32.2. The number of carbonyl (C=O) groups is 2. The summed E-state index contributed by atoms with van der Waals surface area (Å²) in [6.07, 6.45) is 1.24. The quantitative estimate of drug-likeness (QED) is 0.647. The number of amides is 2. The van der Waals surface area contributed by atoms with Crippen molar-refractivity contribution in [2.24, 2.45) is 0 Å². The van der Waals surface area contributed by atoms with E-state index in [1.165, 1.54) is 14.2 Å². The number of aryl methyl sites for hydroxylation is 2. The van der Waals surface area contributed by atoms with Gasteiger partial charge in [-0.25, -0.2) is 0 Å². The minimum Gasteiger partial charge on any atom is -0.493 e. The van der Waals surface area contributed by atoms with E-state index in [4.69, 9.17) is 14.0 Å². The largest absolute Gasteiger partial charge is 0.493 e. The minimum absolute atomic E-state index is 0.172. The molecular formula is C21H26N4O5S. The number of hydrogen-bond donors (Lipinski definition) is 1. The Morgan fingerprint density at radius 2 is 2.10 bits per heavy atom. The average Bonchev–Trinajstić information content (AvgIpc) is 3.35. The van der Waals surface area contributed by atoms with Crippen LogP contribution in [0.3, 0.4) is 0 Å². The van der Waals surface area contributed by atoms with E-state index in [-0.39, 0.29) is 17.2 Å². The fourth-order valence-corrected chi connectivity index (χ4v) is 5.82. The molecule has 1 saturated heterocycles. The first-order valence-electron chi connectivity index (χ1n) is 10.1. The lowest BCUT2D eigenvalue weighted by atomic mass is 10.0. The second-order valence-electron chi connectivity index (χ2n) is 8.08. The van der Waals surface area contributed by atoms with E-state index >= 15 is 0 Å². The van der Waals surface area contributed by atoms with Gasteiger partial charge in [0.25, 0.3) is 5.91 Å². The number of rotatable bonds is 7. The Morgan fingerprint density at radius 1 is 1.32 bits per heavy atom. The second kappa shape index (κ2) is 8.07. The summed E-state index contributed by atoms with van der Waals surface area (Å²) >= 11 is 1.61. The van der Waals surface area contributed by atoms with E-state index in [9.17, 15) is 9.59 Å². The third kappa shape index (κ3) is 3.62. The van der Waals surface area contributed by atoms with Gasteiger partial charge in [0.15, 0.2) is 17.3 Å². The maximum Gasteiger partial charge on any atom is 0.260 e. The van der Waals surface area contributed by atoms with E-state index < -0.39 is 10.8 Å². The van der Waals surface area contributed by atoms with Gasteiger partial charge in [-0.1, -0.05) is 11.2 Å². The first-order valence-corrected chi connectivity index (χ1v) is 11.0. The number of aromatic nitrogens is 2. The summed E-state index contributed by atoms with van der Waals surface area (Å²) in [5.74, 6) is 1.66. The minimum atomic E-state index is -0.608. The van der Waals surface area contributed by atoms with Crippen LogP contribution in [0.1, 0.15) is 53.3 Å². The lowest BCUT2D eigenvalue weighted by Gasteiger charge is -2.29. The van der Waals surface area contributed by atoms with Crippen LogP contribution >= 0.6 is 11.8 Å². The molecule has 9 nitrogen and oxygen atoms in total. The lowest BCUT2D eigenvalue weighted by Crippen LogP contribution is -2.52. The molecule has 0 unspecified atom stereocenters. The topological polar surface area (TPSA) is 107 Å². The summed E-state index contributed by atoms with van der Waals surface area (Å²) in [6, 6.07) is 3.08. The summed E-state index contributed by atoms with van der Waals surface area (Å²) < 4.78 is 15.5. The van der Waals surface area contributed by atoms with Gasteiger partial charge in [0.05, 0.1) is 19.8 Å². The molecule has 0 bridgehead atoms. The van der Waals surface area contributed by atoms with Gasteiger partial charge < -0.3 is 24.2 Å². The van der Waals surface area contributed by atoms with Crippen molar-refractivity contribution in [3.63, 3.8) is 0 Å². The molecule has 2 aromatic rings. The van der Waals surface area contributed by atoms with E-state index in [0.717, 1.165) is 5.56 Å². The number of fused-ring (bicyclic) bond motifs is 3. The summed E-state index contributed by atoms with van der Waals surface area (Å²) in [5, 5.41) is 6.50. The van der Waals surface area contributed by atoms with Crippen molar-refractivity contribution < 1.29 is 23.6 Å². The van der Waals surface area contributed by atoms with Crippen LogP contribution in [0.2, 0.25) is 0 Å². The number of nitrogens with one attached hydrogen (secondary N) is 1. The third-order valence-corrected chi connectivity index (χ3v) is 7.12. The molecule has 0 saturated carbocycles. The summed E-state index contributed by atoms with van der Waals surface area (Å²) in [4.78, 5) is 32.4. The number of hydrogen-bond acceptors (Lipinski definition) is 8. The Balaban J connectivity index is 1.51. The van der Waals surface area contributed by atoms with Crippen molar-refractivity contribution in [1.29, 1.82) is 0 Å². The summed E-state index contributed by atoms with van der Waals surface area (Å²) in [7, 11) is 3.05. The molecule has 2 atom stereocenters. The number of benzene rings is 1. The molecule has 166 valence electrons. The Kier molecular flexibility index (Phi) is 5.59. The molecule has 0 aliphatic carbocycles. The fourth-order valence-electron chi connectivity index (χ4n) is 4.25. The molecule has 2 aliphatic rings. The van der Waals surface area contributed by atoms with Crippen molar-refractivity contribution in [3.05, 3.63) is 35.0 Å². The van der Waals surface area contributed by atoms with Crippen molar-refractivity contribution in [3.8, 4) is 11.5 Å². The summed E-state index contributed by atoms with van der Waals surface area (Å²) in [6.45, 7) is 6.21. The molecule has 1 N–H and O–H groups in total. The first-order chi connectivity index (χ1) is 14.8. The standard InChI is InChI=1S/C21H26N4O5S/c1-11-23-14(30-24-11)7-6-10-22-18(26)17-21(2,3)31-20-12-8-9-13(28-4)16(29-5)15(12)19(27)25(17)20/h8-9,17,20H,6-7,10H2,1-5H3,(H,22,26)/t17-,20-/m1/s1. The van der Waals surface area contributed by atoms with E-state index in [1.807, 2.05) is 19.9 Å². The zero-order valence-corrected chi connectivity index (χ0v) is 19.0. The Bertz CT molecular complexity index is 1020. The van der Waals surface area contributed by atoms with Gasteiger partial charge >= 0.3 is 0 Å². The van der Waals surface area contributed by atoms with Crippen LogP contribution < -0.4 is 14.8 Å². The number of methoxy groups -OCH3 is 2. The van der Waals surface area contributed by atoms with Crippen LogP contribution in [0.4, 0.5) is 0 Å². The van der Waals surface area contributed by atoms with Crippen molar-refractivity contribution in [1.82, 2.24) is 20.4 Å². The maximum absolute atomic E-state index is 13.4. The van der Waals surface area contributed by atoms with Gasteiger partial charge in [-0.3, -0.25) is 9.59 Å². The van der Waals surface area contributed by atoms with Gasteiger partial charge in [0, 0.05) is 23.3 Å². The molecule has 1 aromatic carbocycles. The van der Waals surface area contributed by atoms with E-state index in [1.54, 1.807) is 29.7 Å². The van der Waals surface area contributed by atoms with Crippen LogP contribution in [0.25, 0.3) is 0 Å². The molecule has 1 aromatic heterocycles. The SMILES string of the molecule is COc1ccc2c(c1OC)C(=O)N1[C@@H]2SC(C)(C)[C@H]1C(=O)NCCCc1nc(C)no1. The highest BCUT2D eigenvalue weighted by molar-refractivity contribution is 8.01. The molecular weight excluding hydrogens is 420 g/mol. The maximum atomic E-state index is 13.4. The van der Waals surface area contributed by atoms with Crippen LogP contribution in [-0.4, -0.2) is 58.4 Å². The van der Waals surface area contributed by atoms with Gasteiger partial charge in [-0.15, -0.1) is 11.8 Å². The highest BCUT2D eigenvalue weighted by Crippen LogP contribution is 2.58. The molecule has 0 radical (unpaired) electrons. The fraction of sp³-hybridized carbons (Fsp3) is 0.524. The lowest BCUT2D eigenvalue weighted by molar-refractivity contribution is -0.126. The van der Waals surface area contributed by atoms with Gasteiger partial charge in [0.2, 0.25) is 11.8 Å². The predicted octanol–water partition coefficient (Wildman–Crippen LogP) is 2.49. The Hall–Kier alpha value is -2.75. The zero-order chi connectivity index (χ0) is 22.3. The zero-order valence-electron chi connectivity index (χ0n) is 18.2. The van der Waals surface area contributed by atoms with Gasteiger partial charge in [-0.2, -0.15) is 4.98 Å². The molecule has 2 amide bonds.